The van der Waals surface area contributed by atoms with Crippen LogP contribution in [0.1, 0.15) is 16.7 Å². The molecular formula is C51H30N2OS2. The van der Waals surface area contributed by atoms with Crippen LogP contribution in [-0.4, -0.2) is 16.1 Å². The predicted octanol–water partition coefficient (Wildman–Crippen LogP) is 13.5. The molecule has 7 aromatic carbocycles. The highest BCUT2D eigenvalue weighted by atomic mass is 32.1. The molecule has 56 heavy (non-hydrogen) atoms. The summed E-state index contributed by atoms with van der Waals surface area (Å²) in [6, 6.07) is 53.2. The van der Waals surface area contributed by atoms with Gasteiger partial charge in [0.2, 0.25) is 0 Å². The fraction of sp³-hybridized carbons (Fsp3) is 0.0588. The second-order valence-corrected chi connectivity index (χ2v) is 17.2. The van der Waals surface area contributed by atoms with Crippen LogP contribution >= 0.6 is 22.7 Å². The van der Waals surface area contributed by atoms with E-state index in [4.69, 9.17) is 14.7 Å². The summed E-state index contributed by atoms with van der Waals surface area (Å²) >= 11 is 3.63. The Morgan fingerprint density at radius 3 is 2.14 bits per heavy atom. The summed E-state index contributed by atoms with van der Waals surface area (Å²) in [5.74, 6) is 1.75. The molecular weight excluding hydrogens is 721 g/mol. The third-order valence-corrected chi connectivity index (χ3v) is 14.7. The standard InChI is InChI=1S/C51H30N2OS2/c1-2-14-30-29(13-1)27-28-38-45(30)46-33(17-11-21-37(46)51(38)35-19-5-7-22-39(35)54-40-23-8-6-20-36(40)51)48-49-47(32-16-4-10-25-42(32)56-49)52-50(53-48)34-18-12-26-43-44(34)31-15-3-9-24-41(31)55-43/h1-28,35,39H. The van der Waals surface area contributed by atoms with E-state index in [9.17, 15) is 0 Å². The Labute approximate surface area is 330 Å². The van der Waals surface area contributed by atoms with Crippen LogP contribution in [0.25, 0.3) is 85.0 Å². The van der Waals surface area contributed by atoms with Gasteiger partial charge in [0.1, 0.15) is 11.9 Å². The Morgan fingerprint density at radius 1 is 0.518 bits per heavy atom. The van der Waals surface area contributed by atoms with Gasteiger partial charge in [-0.25, -0.2) is 9.97 Å². The number of fused-ring (bicyclic) bond motifs is 17. The third-order valence-electron chi connectivity index (χ3n) is 12.4. The summed E-state index contributed by atoms with van der Waals surface area (Å²) in [7, 11) is 0. The van der Waals surface area contributed by atoms with Crippen LogP contribution in [0.4, 0.5) is 0 Å². The van der Waals surface area contributed by atoms with Crippen LogP contribution in [0.2, 0.25) is 0 Å². The smallest absolute Gasteiger partial charge is 0.161 e. The van der Waals surface area contributed by atoms with Crippen molar-refractivity contribution in [2.75, 3.05) is 0 Å². The number of ether oxygens (including phenoxy) is 1. The third kappa shape index (κ3) is 3.96. The molecule has 0 fully saturated rings. The molecule has 3 aliphatic rings. The van der Waals surface area contributed by atoms with E-state index < -0.39 is 5.41 Å². The molecule has 0 saturated heterocycles. The number of aromatic nitrogens is 2. The van der Waals surface area contributed by atoms with Gasteiger partial charge in [0.05, 0.1) is 21.3 Å². The largest absolute Gasteiger partial charge is 0.485 e. The van der Waals surface area contributed by atoms with Gasteiger partial charge in [-0.05, 0) is 63.4 Å². The van der Waals surface area contributed by atoms with Crippen molar-refractivity contribution >= 4 is 73.9 Å². The van der Waals surface area contributed by atoms with Crippen LogP contribution in [0.15, 0.2) is 170 Å². The second-order valence-electron chi connectivity index (χ2n) is 15.1. The number of rotatable bonds is 2. The van der Waals surface area contributed by atoms with Gasteiger partial charge in [0, 0.05) is 52.9 Å². The van der Waals surface area contributed by atoms with Gasteiger partial charge in [-0.3, -0.25) is 0 Å². The van der Waals surface area contributed by atoms with Crippen LogP contribution in [0, 0.1) is 5.92 Å². The highest BCUT2D eigenvalue weighted by Gasteiger charge is 2.56. The van der Waals surface area contributed by atoms with Gasteiger partial charge in [-0.2, -0.15) is 0 Å². The summed E-state index contributed by atoms with van der Waals surface area (Å²) in [5, 5.41) is 6.10. The number of allylic oxidation sites excluding steroid dienone is 2. The zero-order chi connectivity index (χ0) is 36.5. The molecule has 0 saturated carbocycles. The van der Waals surface area contributed by atoms with Crippen molar-refractivity contribution < 1.29 is 4.74 Å². The van der Waals surface area contributed by atoms with Gasteiger partial charge < -0.3 is 4.74 Å². The van der Waals surface area contributed by atoms with Crippen molar-refractivity contribution in [3.05, 3.63) is 187 Å². The van der Waals surface area contributed by atoms with Crippen molar-refractivity contribution in [1.29, 1.82) is 0 Å². The molecule has 0 amide bonds. The minimum absolute atomic E-state index is 0.0496. The molecule has 262 valence electrons. The molecule has 0 N–H and O–H groups in total. The maximum absolute atomic E-state index is 6.81. The predicted molar refractivity (Wildman–Crippen MR) is 234 cm³/mol. The molecule has 2 aliphatic carbocycles. The molecule has 3 unspecified atom stereocenters. The molecule has 4 heterocycles. The van der Waals surface area contributed by atoms with Gasteiger partial charge >= 0.3 is 0 Å². The fourth-order valence-corrected chi connectivity index (χ4v) is 12.5. The summed E-state index contributed by atoms with van der Waals surface area (Å²) < 4.78 is 11.7. The lowest BCUT2D eigenvalue weighted by atomic mass is 9.60. The number of benzene rings is 7. The number of hydrogen-bond acceptors (Lipinski definition) is 5. The Kier molecular flexibility index (Phi) is 6.24. The zero-order valence-electron chi connectivity index (χ0n) is 29.9. The number of nitrogens with zero attached hydrogens (tertiary/aromatic N) is 2. The lowest BCUT2D eigenvalue weighted by molar-refractivity contribution is 0.141. The maximum Gasteiger partial charge on any atom is 0.161 e. The van der Waals surface area contributed by atoms with Gasteiger partial charge in [0.15, 0.2) is 5.82 Å². The van der Waals surface area contributed by atoms with E-state index in [0.29, 0.717) is 0 Å². The van der Waals surface area contributed by atoms with Crippen molar-refractivity contribution in [3.63, 3.8) is 0 Å². The number of para-hydroxylation sites is 1. The summed E-state index contributed by atoms with van der Waals surface area (Å²) in [5.41, 5.74) is 10.1. The molecule has 1 aliphatic heterocycles. The topological polar surface area (TPSA) is 35.0 Å². The summed E-state index contributed by atoms with van der Waals surface area (Å²) in [6.45, 7) is 0. The average molecular weight is 751 g/mol. The Bertz CT molecular complexity index is 3390. The van der Waals surface area contributed by atoms with E-state index in [1.54, 1.807) is 11.3 Å². The minimum Gasteiger partial charge on any atom is -0.485 e. The van der Waals surface area contributed by atoms with Crippen molar-refractivity contribution in [2.45, 2.75) is 11.5 Å². The Balaban J connectivity index is 1.19. The van der Waals surface area contributed by atoms with Crippen molar-refractivity contribution in [1.82, 2.24) is 9.97 Å². The van der Waals surface area contributed by atoms with Crippen molar-refractivity contribution in [2.24, 2.45) is 5.92 Å². The Morgan fingerprint density at radius 2 is 1.21 bits per heavy atom. The van der Waals surface area contributed by atoms with E-state index >= 15 is 0 Å². The molecule has 10 aromatic rings. The van der Waals surface area contributed by atoms with Crippen LogP contribution in [0.3, 0.4) is 0 Å². The van der Waals surface area contributed by atoms with E-state index in [2.05, 4.69) is 170 Å². The molecule has 5 heteroatoms. The average Bonchev–Trinajstić information content (AvgIpc) is 3.92. The van der Waals surface area contributed by atoms with E-state index in [1.807, 2.05) is 11.3 Å². The van der Waals surface area contributed by atoms with Crippen LogP contribution < -0.4 is 4.74 Å². The molecule has 3 nitrogen and oxygen atoms in total. The van der Waals surface area contributed by atoms with Crippen molar-refractivity contribution in [3.8, 4) is 39.5 Å². The molecule has 0 bridgehead atoms. The molecule has 0 radical (unpaired) electrons. The first-order valence-corrected chi connectivity index (χ1v) is 20.8. The first-order valence-electron chi connectivity index (χ1n) is 19.1. The van der Waals surface area contributed by atoms with E-state index in [-0.39, 0.29) is 12.0 Å². The highest BCUT2D eigenvalue weighted by Crippen LogP contribution is 2.64. The first kappa shape index (κ1) is 30.9. The van der Waals surface area contributed by atoms with Gasteiger partial charge in [0.25, 0.3) is 0 Å². The van der Waals surface area contributed by atoms with Crippen LogP contribution in [0.5, 0.6) is 5.75 Å². The normalized spacial score (nSPS) is 19.1. The maximum atomic E-state index is 6.81. The molecule has 3 atom stereocenters. The molecule has 13 rings (SSSR count). The summed E-state index contributed by atoms with van der Waals surface area (Å²) in [6.07, 6.45) is 8.84. The monoisotopic (exact) mass is 750 g/mol. The first-order chi connectivity index (χ1) is 27.8. The molecule has 3 aromatic heterocycles. The highest BCUT2D eigenvalue weighted by molar-refractivity contribution is 7.26. The SMILES string of the molecule is C1=CC2Oc3ccccc3C3(c4cccc(-c5nc(-c6cccc7sc8ccccc8c67)nc6c5sc5ccccc56)c4-c4c3ccc3ccccc43)C2C=C1. The fourth-order valence-electron chi connectivity index (χ4n) is 10.2. The van der Waals surface area contributed by atoms with Gasteiger partial charge in [-0.15, -0.1) is 22.7 Å². The lowest BCUT2D eigenvalue weighted by Gasteiger charge is -2.47. The Hall–Kier alpha value is -6.40. The molecule has 1 spiro atoms. The van der Waals surface area contributed by atoms with Crippen LogP contribution in [-0.2, 0) is 5.41 Å². The number of hydrogen-bond donors (Lipinski definition) is 0. The minimum atomic E-state index is -0.484. The summed E-state index contributed by atoms with van der Waals surface area (Å²) in [4.78, 5) is 11.2. The number of thiophene rings is 2. The second kappa shape index (κ2) is 11.3. The van der Waals surface area contributed by atoms with E-state index in [0.717, 1.165) is 44.0 Å². The lowest BCUT2D eigenvalue weighted by Crippen LogP contribution is -2.47. The van der Waals surface area contributed by atoms with E-state index in [1.165, 1.54) is 63.5 Å². The quantitative estimate of drug-likeness (QED) is 0.176. The zero-order valence-corrected chi connectivity index (χ0v) is 31.6. The van der Waals surface area contributed by atoms with Gasteiger partial charge in [-0.1, -0.05) is 140 Å².